The molecule has 3 aromatic rings. The van der Waals surface area contributed by atoms with E-state index in [1.807, 2.05) is 38.1 Å². The summed E-state index contributed by atoms with van der Waals surface area (Å²) < 4.78 is 1.32. The van der Waals surface area contributed by atoms with Crippen molar-refractivity contribution in [3.63, 3.8) is 0 Å². The predicted octanol–water partition coefficient (Wildman–Crippen LogP) is 3.35. The molecular weight excluding hydrogens is 434 g/mol. The number of phenols is 2. The van der Waals surface area contributed by atoms with Gasteiger partial charge in [-0.05, 0) is 56.1 Å². The zero-order chi connectivity index (χ0) is 24.4. The van der Waals surface area contributed by atoms with Crippen LogP contribution in [0.5, 0.6) is 11.5 Å². The lowest BCUT2D eigenvalue weighted by molar-refractivity contribution is 0.0691. The SMILES string of the molecule is CC(C)c1cc(-n2nnc(C(=O)O)c2-c2ccc(CNC3CCN(C)CC3)cc2)c(O)cc1O. The zero-order valence-electron chi connectivity index (χ0n) is 19.7. The number of piperidine rings is 1. The molecule has 0 spiro atoms. The molecule has 0 aliphatic carbocycles. The van der Waals surface area contributed by atoms with E-state index in [2.05, 4.69) is 27.6 Å². The van der Waals surface area contributed by atoms with E-state index in [9.17, 15) is 20.1 Å². The molecule has 0 bridgehead atoms. The van der Waals surface area contributed by atoms with Gasteiger partial charge < -0.3 is 25.5 Å². The molecule has 1 saturated heterocycles. The van der Waals surface area contributed by atoms with E-state index in [4.69, 9.17) is 0 Å². The van der Waals surface area contributed by atoms with Crippen LogP contribution in [0.4, 0.5) is 0 Å². The molecule has 9 heteroatoms. The van der Waals surface area contributed by atoms with Crippen molar-refractivity contribution in [1.82, 2.24) is 25.2 Å². The molecular formula is C25H31N5O4. The lowest BCUT2D eigenvalue weighted by atomic mass is 10.0. The number of carboxylic acid groups (broad SMARTS) is 1. The molecule has 2 aromatic carbocycles. The quantitative estimate of drug-likeness (QED) is 0.419. The van der Waals surface area contributed by atoms with Crippen molar-refractivity contribution in [2.24, 2.45) is 0 Å². The number of aromatic carboxylic acids is 1. The van der Waals surface area contributed by atoms with Crippen LogP contribution in [-0.4, -0.2) is 67.4 Å². The van der Waals surface area contributed by atoms with Crippen molar-refractivity contribution in [3.05, 3.63) is 53.2 Å². The average Bonchev–Trinajstić information content (AvgIpc) is 3.24. The van der Waals surface area contributed by atoms with Crippen molar-refractivity contribution in [2.75, 3.05) is 20.1 Å². The largest absolute Gasteiger partial charge is 0.508 e. The van der Waals surface area contributed by atoms with Gasteiger partial charge in [-0.2, -0.15) is 0 Å². The van der Waals surface area contributed by atoms with E-state index in [1.54, 1.807) is 6.07 Å². The molecule has 0 atom stereocenters. The van der Waals surface area contributed by atoms with E-state index in [-0.39, 0.29) is 34.5 Å². The van der Waals surface area contributed by atoms with Crippen molar-refractivity contribution in [1.29, 1.82) is 0 Å². The molecule has 0 radical (unpaired) electrons. The molecule has 1 aliphatic heterocycles. The zero-order valence-corrected chi connectivity index (χ0v) is 19.7. The van der Waals surface area contributed by atoms with Crippen LogP contribution in [0.15, 0.2) is 36.4 Å². The minimum atomic E-state index is -1.21. The third kappa shape index (κ3) is 4.90. The third-order valence-corrected chi connectivity index (χ3v) is 6.39. The van der Waals surface area contributed by atoms with Crippen LogP contribution in [0.25, 0.3) is 16.9 Å². The Balaban J connectivity index is 1.64. The second kappa shape index (κ2) is 9.82. The van der Waals surface area contributed by atoms with Gasteiger partial charge in [-0.3, -0.25) is 0 Å². The minimum absolute atomic E-state index is 0.0124. The van der Waals surface area contributed by atoms with E-state index in [1.165, 1.54) is 10.7 Å². The second-order valence-corrected chi connectivity index (χ2v) is 9.21. The number of likely N-dealkylation sites (tertiary alicyclic amines) is 1. The number of aromatic nitrogens is 3. The molecule has 1 fully saturated rings. The van der Waals surface area contributed by atoms with Crippen molar-refractivity contribution in [2.45, 2.75) is 45.2 Å². The number of aromatic hydroxyl groups is 2. The highest BCUT2D eigenvalue weighted by atomic mass is 16.4. The summed E-state index contributed by atoms with van der Waals surface area (Å²) in [4.78, 5) is 14.2. The fourth-order valence-corrected chi connectivity index (χ4v) is 4.32. The number of nitrogens with zero attached hydrogens (tertiary/aromatic N) is 4. The van der Waals surface area contributed by atoms with E-state index in [0.29, 0.717) is 17.2 Å². The number of hydrogen-bond donors (Lipinski definition) is 4. The van der Waals surface area contributed by atoms with Gasteiger partial charge >= 0.3 is 5.97 Å². The molecule has 1 aromatic heterocycles. The smallest absolute Gasteiger partial charge is 0.358 e. The summed E-state index contributed by atoms with van der Waals surface area (Å²) in [6, 6.07) is 10.9. The van der Waals surface area contributed by atoms with Crippen LogP contribution in [0, 0.1) is 0 Å². The van der Waals surface area contributed by atoms with Gasteiger partial charge in [-0.1, -0.05) is 43.3 Å². The standard InChI is InChI=1S/C25H31N5O4/c1-15(2)19-12-20(22(32)13-21(19)31)30-24(23(25(33)34)27-28-30)17-6-4-16(5-7-17)14-26-18-8-10-29(3)11-9-18/h4-7,12-13,15,18,26,31-32H,8-11,14H2,1-3H3,(H,33,34). The summed E-state index contributed by atoms with van der Waals surface area (Å²) >= 11 is 0. The maximum Gasteiger partial charge on any atom is 0.358 e. The second-order valence-electron chi connectivity index (χ2n) is 9.21. The number of phenolic OH excluding ortho intramolecular Hbond substituents is 2. The Kier molecular flexibility index (Phi) is 6.85. The first-order valence-corrected chi connectivity index (χ1v) is 11.5. The molecule has 180 valence electrons. The van der Waals surface area contributed by atoms with E-state index < -0.39 is 5.97 Å². The van der Waals surface area contributed by atoms with Gasteiger partial charge in [0, 0.05) is 24.2 Å². The number of hydrogen-bond acceptors (Lipinski definition) is 7. The fourth-order valence-electron chi connectivity index (χ4n) is 4.32. The highest BCUT2D eigenvalue weighted by molar-refractivity contribution is 5.93. The van der Waals surface area contributed by atoms with Gasteiger partial charge in [-0.15, -0.1) is 5.10 Å². The first kappa shape index (κ1) is 23.7. The lowest BCUT2D eigenvalue weighted by Gasteiger charge is -2.29. The normalized spacial score (nSPS) is 15.2. The highest BCUT2D eigenvalue weighted by Gasteiger charge is 2.24. The highest BCUT2D eigenvalue weighted by Crippen LogP contribution is 2.36. The molecule has 0 saturated carbocycles. The Morgan fingerprint density at radius 3 is 2.41 bits per heavy atom. The Bertz CT molecular complexity index is 1160. The summed E-state index contributed by atoms with van der Waals surface area (Å²) in [7, 11) is 2.14. The van der Waals surface area contributed by atoms with Gasteiger partial charge in [0.25, 0.3) is 0 Å². The van der Waals surface area contributed by atoms with Crippen LogP contribution in [0.1, 0.15) is 54.2 Å². The summed E-state index contributed by atoms with van der Waals surface area (Å²) in [5.41, 5.74) is 2.62. The Hall–Kier alpha value is -3.43. The van der Waals surface area contributed by atoms with Crippen LogP contribution < -0.4 is 5.32 Å². The number of carbonyl (C=O) groups is 1. The molecule has 1 aliphatic rings. The van der Waals surface area contributed by atoms with Gasteiger partial charge in [0.1, 0.15) is 22.9 Å². The van der Waals surface area contributed by atoms with Gasteiger partial charge in [0.15, 0.2) is 5.69 Å². The lowest BCUT2D eigenvalue weighted by Crippen LogP contribution is -2.40. The number of carboxylic acids is 1. The predicted molar refractivity (Wildman–Crippen MR) is 129 cm³/mol. The Morgan fingerprint density at radius 1 is 1.12 bits per heavy atom. The number of nitrogens with one attached hydrogen (secondary N) is 1. The van der Waals surface area contributed by atoms with Gasteiger partial charge in [-0.25, -0.2) is 9.48 Å². The molecule has 4 N–H and O–H groups in total. The van der Waals surface area contributed by atoms with Crippen molar-refractivity contribution in [3.8, 4) is 28.4 Å². The van der Waals surface area contributed by atoms with Gasteiger partial charge in [0.05, 0.1) is 0 Å². The Labute approximate surface area is 198 Å². The van der Waals surface area contributed by atoms with Crippen molar-refractivity contribution >= 4 is 5.97 Å². The minimum Gasteiger partial charge on any atom is -0.508 e. The summed E-state index contributed by atoms with van der Waals surface area (Å²) in [5, 5.41) is 41.9. The van der Waals surface area contributed by atoms with E-state index >= 15 is 0 Å². The van der Waals surface area contributed by atoms with Crippen molar-refractivity contribution < 1.29 is 20.1 Å². The van der Waals surface area contributed by atoms with E-state index in [0.717, 1.165) is 38.0 Å². The number of rotatable bonds is 7. The summed E-state index contributed by atoms with van der Waals surface area (Å²) in [6.07, 6.45) is 2.24. The van der Waals surface area contributed by atoms with Gasteiger partial charge in [0.2, 0.25) is 0 Å². The van der Waals surface area contributed by atoms with Crippen LogP contribution >= 0.6 is 0 Å². The fraction of sp³-hybridized carbons (Fsp3) is 0.400. The summed E-state index contributed by atoms with van der Waals surface area (Å²) in [5.74, 6) is -1.47. The molecule has 0 unspecified atom stereocenters. The average molecular weight is 466 g/mol. The topological polar surface area (TPSA) is 124 Å². The first-order valence-electron chi connectivity index (χ1n) is 11.5. The third-order valence-electron chi connectivity index (χ3n) is 6.39. The molecule has 34 heavy (non-hydrogen) atoms. The molecule has 2 heterocycles. The molecule has 4 rings (SSSR count). The maximum absolute atomic E-state index is 11.9. The Morgan fingerprint density at radius 2 is 1.79 bits per heavy atom. The van der Waals surface area contributed by atoms with Crippen LogP contribution in [0.3, 0.4) is 0 Å². The molecule has 0 amide bonds. The number of benzene rings is 2. The summed E-state index contributed by atoms with van der Waals surface area (Å²) in [6.45, 7) is 6.75. The molecule has 9 nitrogen and oxygen atoms in total. The van der Waals surface area contributed by atoms with Crippen LogP contribution in [0.2, 0.25) is 0 Å². The first-order chi connectivity index (χ1) is 16.2. The monoisotopic (exact) mass is 465 g/mol. The van der Waals surface area contributed by atoms with Crippen LogP contribution in [-0.2, 0) is 6.54 Å². The maximum atomic E-state index is 11.9.